The fourth-order valence-corrected chi connectivity index (χ4v) is 3.14. The molecular weight excluding hydrogens is 372 g/mol. The van der Waals surface area contributed by atoms with E-state index in [1.165, 1.54) is 0 Å². The van der Waals surface area contributed by atoms with E-state index in [9.17, 15) is 4.79 Å². The third kappa shape index (κ3) is 6.59. The number of hydrogen-bond acceptors (Lipinski definition) is 3. The molecule has 0 heterocycles. The summed E-state index contributed by atoms with van der Waals surface area (Å²) in [6.45, 7) is 6.59. The van der Waals surface area contributed by atoms with Gasteiger partial charge in [-0.1, -0.05) is 26.0 Å². The molecule has 0 aliphatic carbocycles. The monoisotopic (exact) mass is 394 g/mol. The summed E-state index contributed by atoms with van der Waals surface area (Å²) in [5, 5.41) is 3.05. The normalized spacial score (nSPS) is 13.4. The van der Waals surface area contributed by atoms with E-state index in [4.69, 9.17) is 5.73 Å². The van der Waals surface area contributed by atoms with Gasteiger partial charge in [0.25, 0.3) is 0 Å². The number of thioether (sulfide) groups is 1. The molecule has 1 amide bonds. The predicted molar refractivity (Wildman–Crippen MR) is 97.2 cm³/mol. The molecule has 0 aliphatic heterocycles. The lowest BCUT2D eigenvalue weighted by molar-refractivity contribution is -0.122. The molecule has 1 aromatic rings. The second-order valence-corrected chi connectivity index (χ2v) is 7.34. The number of carbonyl (C=O) groups is 1. The standard InChI is InChI=1S/C15H23BrN2OS.ClH/c1-11(2)15(3,10-17)18-14(19)8-9-20-13-7-5-4-6-12(13)16;/h4-7,11H,8-10,17H2,1-3H3,(H,18,19);1H. The number of nitrogens with two attached hydrogens (primary N) is 1. The van der Waals surface area contributed by atoms with Crippen LogP contribution in [0.5, 0.6) is 0 Å². The van der Waals surface area contributed by atoms with Gasteiger partial charge >= 0.3 is 0 Å². The van der Waals surface area contributed by atoms with Crippen LogP contribution in [0, 0.1) is 5.92 Å². The Morgan fingerprint density at radius 2 is 2.05 bits per heavy atom. The molecule has 0 bridgehead atoms. The van der Waals surface area contributed by atoms with Crippen molar-refractivity contribution in [3.05, 3.63) is 28.7 Å². The van der Waals surface area contributed by atoms with Crippen LogP contribution in [0.2, 0.25) is 0 Å². The van der Waals surface area contributed by atoms with Gasteiger partial charge < -0.3 is 11.1 Å². The molecule has 0 fully saturated rings. The Balaban J connectivity index is 0.00000400. The van der Waals surface area contributed by atoms with Crippen molar-refractivity contribution in [2.24, 2.45) is 11.7 Å². The molecule has 3 nitrogen and oxygen atoms in total. The maximum Gasteiger partial charge on any atom is 0.221 e. The minimum absolute atomic E-state index is 0. The third-order valence-electron chi connectivity index (χ3n) is 3.55. The number of rotatable bonds is 7. The maximum absolute atomic E-state index is 12.0. The summed E-state index contributed by atoms with van der Waals surface area (Å²) in [4.78, 5) is 13.2. The fourth-order valence-electron chi connectivity index (χ4n) is 1.63. The van der Waals surface area contributed by atoms with Gasteiger partial charge in [0.15, 0.2) is 0 Å². The number of nitrogens with one attached hydrogen (secondary N) is 1. The van der Waals surface area contributed by atoms with Crippen LogP contribution in [0.3, 0.4) is 0 Å². The molecule has 120 valence electrons. The molecule has 1 rings (SSSR count). The average molecular weight is 396 g/mol. The van der Waals surface area contributed by atoms with Crippen LogP contribution < -0.4 is 11.1 Å². The zero-order chi connectivity index (χ0) is 15.2. The lowest BCUT2D eigenvalue weighted by Crippen LogP contribution is -2.55. The summed E-state index contributed by atoms with van der Waals surface area (Å²) in [7, 11) is 0. The van der Waals surface area contributed by atoms with Crippen LogP contribution in [0.4, 0.5) is 0 Å². The molecule has 0 aromatic heterocycles. The Hall–Kier alpha value is -0.230. The molecule has 1 aromatic carbocycles. The number of amides is 1. The predicted octanol–water partition coefficient (Wildman–Crippen LogP) is 3.84. The van der Waals surface area contributed by atoms with E-state index in [-0.39, 0.29) is 23.9 Å². The van der Waals surface area contributed by atoms with Crippen LogP contribution in [-0.2, 0) is 4.79 Å². The van der Waals surface area contributed by atoms with Crippen LogP contribution >= 0.6 is 40.1 Å². The molecular formula is C15H24BrClN2OS. The number of benzene rings is 1. The van der Waals surface area contributed by atoms with Crippen molar-refractivity contribution >= 4 is 46.0 Å². The summed E-state index contributed by atoms with van der Waals surface area (Å²) in [6.07, 6.45) is 0.494. The summed E-state index contributed by atoms with van der Waals surface area (Å²) < 4.78 is 1.07. The summed E-state index contributed by atoms with van der Waals surface area (Å²) in [5.74, 6) is 1.13. The van der Waals surface area contributed by atoms with E-state index in [0.717, 1.165) is 15.1 Å². The maximum atomic E-state index is 12.0. The van der Waals surface area contributed by atoms with Crippen molar-refractivity contribution in [2.75, 3.05) is 12.3 Å². The summed E-state index contributed by atoms with van der Waals surface area (Å²) in [5.41, 5.74) is 5.45. The zero-order valence-corrected chi connectivity index (χ0v) is 15.9. The van der Waals surface area contributed by atoms with Crippen molar-refractivity contribution in [2.45, 2.75) is 37.6 Å². The Labute approximate surface area is 146 Å². The fraction of sp³-hybridized carbons (Fsp3) is 0.533. The highest BCUT2D eigenvalue weighted by atomic mass is 79.9. The molecule has 1 atom stereocenters. The van der Waals surface area contributed by atoms with E-state index >= 15 is 0 Å². The molecule has 1 unspecified atom stereocenters. The van der Waals surface area contributed by atoms with Crippen molar-refractivity contribution in [1.29, 1.82) is 0 Å². The smallest absolute Gasteiger partial charge is 0.221 e. The first-order chi connectivity index (χ1) is 9.39. The quantitative estimate of drug-likeness (QED) is 0.690. The highest BCUT2D eigenvalue weighted by molar-refractivity contribution is 9.10. The van der Waals surface area contributed by atoms with E-state index < -0.39 is 0 Å². The minimum Gasteiger partial charge on any atom is -0.349 e. The largest absolute Gasteiger partial charge is 0.349 e. The lowest BCUT2D eigenvalue weighted by Gasteiger charge is -2.33. The molecule has 0 radical (unpaired) electrons. The molecule has 21 heavy (non-hydrogen) atoms. The van der Waals surface area contributed by atoms with Crippen molar-refractivity contribution in [3.8, 4) is 0 Å². The second kappa shape index (κ2) is 9.72. The van der Waals surface area contributed by atoms with Crippen molar-refractivity contribution in [1.82, 2.24) is 5.32 Å². The highest BCUT2D eigenvalue weighted by Crippen LogP contribution is 2.27. The van der Waals surface area contributed by atoms with Gasteiger partial charge in [-0.15, -0.1) is 24.2 Å². The molecule has 6 heteroatoms. The third-order valence-corrected chi connectivity index (χ3v) is 5.58. The molecule has 0 aliphatic rings. The minimum atomic E-state index is -0.324. The van der Waals surface area contributed by atoms with E-state index in [1.807, 2.05) is 31.2 Å². The van der Waals surface area contributed by atoms with Gasteiger partial charge in [0, 0.05) is 28.1 Å². The Kier molecular flexibility index (Phi) is 9.61. The van der Waals surface area contributed by atoms with Gasteiger partial charge in [-0.3, -0.25) is 4.79 Å². The SMILES string of the molecule is CC(C)C(C)(CN)NC(=O)CCSc1ccccc1Br.Cl. The zero-order valence-electron chi connectivity index (χ0n) is 12.7. The van der Waals surface area contributed by atoms with Gasteiger partial charge in [0.05, 0.1) is 5.54 Å². The summed E-state index contributed by atoms with van der Waals surface area (Å²) in [6, 6.07) is 8.03. The molecule has 0 saturated carbocycles. The Morgan fingerprint density at radius 1 is 1.43 bits per heavy atom. The van der Waals surface area contributed by atoms with Crippen LogP contribution in [-0.4, -0.2) is 23.7 Å². The van der Waals surface area contributed by atoms with Gasteiger partial charge in [-0.25, -0.2) is 0 Å². The van der Waals surface area contributed by atoms with Gasteiger partial charge in [0.2, 0.25) is 5.91 Å². The highest BCUT2D eigenvalue weighted by Gasteiger charge is 2.28. The number of halogens is 2. The first-order valence-electron chi connectivity index (χ1n) is 6.77. The number of carbonyl (C=O) groups excluding carboxylic acids is 1. The Bertz CT molecular complexity index is 459. The van der Waals surface area contributed by atoms with E-state index in [2.05, 4.69) is 35.1 Å². The lowest BCUT2D eigenvalue weighted by atomic mass is 9.88. The molecule has 0 spiro atoms. The first-order valence-corrected chi connectivity index (χ1v) is 8.55. The van der Waals surface area contributed by atoms with E-state index in [1.54, 1.807) is 11.8 Å². The van der Waals surface area contributed by atoms with Crippen LogP contribution in [0.15, 0.2) is 33.6 Å². The summed E-state index contributed by atoms with van der Waals surface area (Å²) >= 11 is 5.18. The average Bonchev–Trinajstić information content (AvgIpc) is 2.40. The van der Waals surface area contributed by atoms with E-state index in [0.29, 0.717) is 18.9 Å². The van der Waals surface area contributed by atoms with Gasteiger partial charge in [0.1, 0.15) is 0 Å². The van der Waals surface area contributed by atoms with Crippen molar-refractivity contribution < 1.29 is 4.79 Å². The molecule has 3 N–H and O–H groups in total. The topological polar surface area (TPSA) is 55.1 Å². The number of hydrogen-bond donors (Lipinski definition) is 2. The Morgan fingerprint density at radius 3 is 2.57 bits per heavy atom. The first kappa shape index (κ1) is 20.8. The second-order valence-electron chi connectivity index (χ2n) is 5.35. The van der Waals surface area contributed by atoms with Crippen molar-refractivity contribution in [3.63, 3.8) is 0 Å². The van der Waals surface area contributed by atoms with Gasteiger partial charge in [-0.05, 0) is 40.9 Å². The van der Waals surface area contributed by atoms with Crippen LogP contribution in [0.1, 0.15) is 27.2 Å². The van der Waals surface area contributed by atoms with Crippen LogP contribution in [0.25, 0.3) is 0 Å². The molecule has 0 saturated heterocycles. The van der Waals surface area contributed by atoms with Gasteiger partial charge in [-0.2, -0.15) is 0 Å².